The summed E-state index contributed by atoms with van der Waals surface area (Å²) in [4.78, 5) is 11.5. The van der Waals surface area contributed by atoms with Crippen LogP contribution in [0.25, 0.3) is 0 Å². The number of benzene rings is 1. The summed E-state index contributed by atoms with van der Waals surface area (Å²) in [5.74, 6) is -0.0760. The van der Waals surface area contributed by atoms with Gasteiger partial charge in [-0.25, -0.2) is 4.39 Å². The second-order valence-corrected chi connectivity index (χ2v) is 4.69. The Hall–Kier alpha value is -2.09. The summed E-state index contributed by atoms with van der Waals surface area (Å²) in [6.07, 6.45) is 0.922. The van der Waals surface area contributed by atoms with Crippen LogP contribution in [0.2, 0.25) is 0 Å². The highest BCUT2D eigenvalue weighted by molar-refractivity contribution is 5.81. The SMILES string of the molecule is CC(C)CCNC(=O)CNc1ccc(F)cc1C#N. The van der Waals surface area contributed by atoms with Gasteiger partial charge in [0.15, 0.2) is 0 Å². The number of carbonyl (C=O) groups is 1. The molecule has 0 heterocycles. The molecule has 0 saturated carbocycles. The Bertz CT molecular complexity index is 480. The molecule has 0 radical (unpaired) electrons. The smallest absolute Gasteiger partial charge is 0.239 e. The number of hydrogen-bond donors (Lipinski definition) is 2. The first-order valence-corrected chi connectivity index (χ1v) is 6.23. The molecule has 4 nitrogen and oxygen atoms in total. The highest BCUT2D eigenvalue weighted by atomic mass is 19.1. The quantitative estimate of drug-likeness (QED) is 0.827. The van der Waals surface area contributed by atoms with Gasteiger partial charge in [-0.3, -0.25) is 4.79 Å². The Balaban J connectivity index is 2.44. The van der Waals surface area contributed by atoms with E-state index in [1.165, 1.54) is 12.1 Å². The zero-order valence-corrected chi connectivity index (χ0v) is 11.2. The van der Waals surface area contributed by atoms with Gasteiger partial charge in [0, 0.05) is 6.54 Å². The van der Waals surface area contributed by atoms with Gasteiger partial charge in [0.25, 0.3) is 0 Å². The first kappa shape index (κ1) is 15.0. The van der Waals surface area contributed by atoms with E-state index < -0.39 is 5.82 Å². The lowest BCUT2D eigenvalue weighted by atomic mass is 10.1. The molecule has 0 spiro atoms. The Morgan fingerprint density at radius 2 is 2.21 bits per heavy atom. The van der Waals surface area contributed by atoms with E-state index in [2.05, 4.69) is 24.5 Å². The third kappa shape index (κ3) is 5.38. The summed E-state index contributed by atoms with van der Waals surface area (Å²) >= 11 is 0. The topological polar surface area (TPSA) is 64.9 Å². The molecule has 0 bridgehead atoms. The zero-order chi connectivity index (χ0) is 14.3. The van der Waals surface area contributed by atoms with Crippen molar-refractivity contribution in [3.05, 3.63) is 29.6 Å². The van der Waals surface area contributed by atoms with Crippen molar-refractivity contribution in [2.24, 2.45) is 5.92 Å². The van der Waals surface area contributed by atoms with Gasteiger partial charge >= 0.3 is 0 Å². The minimum Gasteiger partial charge on any atom is -0.375 e. The molecular formula is C14H18FN3O. The number of rotatable bonds is 6. The second-order valence-electron chi connectivity index (χ2n) is 4.69. The average molecular weight is 263 g/mol. The first-order valence-electron chi connectivity index (χ1n) is 6.23. The van der Waals surface area contributed by atoms with Crippen LogP contribution < -0.4 is 10.6 Å². The van der Waals surface area contributed by atoms with Gasteiger partial charge in [-0.1, -0.05) is 13.8 Å². The van der Waals surface area contributed by atoms with Crippen molar-refractivity contribution in [3.8, 4) is 6.07 Å². The zero-order valence-electron chi connectivity index (χ0n) is 11.2. The van der Waals surface area contributed by atoms with E-state index >= 15 is 0 Å². The largest absolute Gasteiger partial charge is 0.375 e. The van der Waals surface area contributed by atoms with Crippen LogP contribution in [0.1, 0.15) is 25.8 Å². The van der Waals surface area contributed by atoms with Gasteiger partial charge in [-0.05, 0) is 30.5 Å². The van der Waals surface area contributed by atoms with E-state index in [-0.39, 0.29) is 18.0 Å². The van der Waals surface area contributed by atoms with Crippen LogP contribution in [0.15, 0.2) is 18.2 Å². The molecule has 1 aromatic carbocycles. The van der Waals surface area contributed by atoms with Gasteiger partial charge < -0.3 is 10.6 Å². The van der Waals surface area contributed by atoms with Crippen molar-refractivity contribution >= 4 is 11.6 Å². The molecule has 1 aromatic rings. The molecular weight excluding hydrogens is 245 g/mol. The summed E-state index contributed by atoms with van der Waals surface area (Å²) in [6, 6.07) is 5.73. The molecule has 5 heteroatoms. The van der Waals surface area contributed by atoms with Crippen molar-refractivity contribution in [2.75, 3.05) is 18.4 Å². The molecule has 0 aliphatic rings. The number of hydrogen-bond acceptors (Lipinski definition) is 3. The fourth-order valence-corrected chi connectivity index (χ4v) is 1.50. The number of anilines is 1. The van der Waals surface area contributed by atoms with Crippen LogP contribution in [-0.2, 0) is 4.79 Å². The average Bonchev–Trinajstić information content (AvgIpc) is 2.36. The highest BCUT2D eigenvalue weighted by Gasteiger charge is 2.06. The summed E-state index contributed by atoms with van der Waals surface area (Å²) in [6.45, 7) is 4.87. The maximum Gasteiger partial charge on any atom is 0.239 e. The monoisotopic (exact) mass is 263 g/mol. The molecule has 1 amide bonds. The molecule has 1 rings (SSSR count). The number of nitrogens with zero attached hydrogens (tertiary/aromatic N) is 1. The van der Waals surface area contributed by atoms with Crippen LogP contribution in [0.5, 0.6) is 0 Å². The van der Waals surface area contributed by atoms with E-state index in [1.54, 1.807) is 0 Å². The summed E-state index contributed by atoms with van der Waals surface area (Å²) in [5.41, 5.74) is 0.651. The van der Waals surface area contributed by atoms with E-state index in [0.717, 1.165) is 12.5 Å². The molecule has 102 valence electrons. The minimum atomic E-state index is -0.469. The van der Waals surface area contributed by atoms with Gasteiger partial charge in [0.2, 0.25) is 5.91 Å². The number of halogens is 1. The Labute approximate surface area is 112 Å². The van der Waals surface area contributed by atoms with E-state index in [4.69, 9.17) is 5.26 Å². The van der Waals surface area contributed by atoms with Gasteiger partial charge in [-0.2, -0.15) is 5.26 Å². The lowest BCUT2D eigenvalue weighted by molar-refractivity contribution is -0.119. The Kier molecular flexibility index (Phi) is 5.80. The number of amides is 1. The molecule has 19 heavy (non-hydrogen) atoms. The van der Waals surface area contributed by atoms with E-state index in [1.807, 2.05) is 6.07 Å². The van der Waals surface area contributed by atoms with Crippen LogP contribution in [0.4, 0.5) is 10.1 Å². The maximum atomic E-state index is 12.9. The normalized spacial score (nSPS) is 10.1. The third-order valence-corrected chi connectivity index (χ3v) is 2.59. The van der Waals surface area contributed by atoms with Crippen molar-refractivity contribution < 1.29 is 9.18 Å². The predicted molar refractivity (Wildman–Crippen MR) is 72.1 cm³/mol. The second kappa shape index (κ2) is 7.37. The lowest BCUT2D eigenvalue weighted by Gasteiger charge is -2.10. The maximum absolute atomic E-state index is 12.9. The molecule has 2 N–H and O–H groups in total. The van der Waals surface area contributed by atoms with E-state index in [0.29, 0.717) is 18.2 Å². The van der Waals surface area contributed by atoms with Gasteiger partial charge in [0.1, 0.15) is 11.9 Å². The third-order valence-electron chi connectivity index (χ3n) is 2.59. The summed E-state index contributed by atoms with van der Waals surface area (Å²) < 4.78 is 12.9. The predicted octanol–water partition coefficient (Wildman–Crippen LogP) is 2.27. The fourth-order valence-electron chi connectivity index (χ4n) is 1.50. The molecule has 0 saturated heterocycles. The summed E-state index contributed by atoms with van der Waals surface area (Å²) in [7, 11) is 0. The van der Waals surface area contributed by atoms with E-state index in [9.17, 15) is 9.18 Å². The molecule has 0 aromatic heterocycles. The Morgan fingerprint density at radius 1 is 1.47 bits per heavy atom. The molecule has 0 unspecified atom stereocenters. The standard InChI is InChI=1S/C14H18FN3O/c1-10(2)5-6-17-14(19)9-18-13-4-3-12(15)7-11(13)8-16/h3-4,7,10,18H,5-6,9H2,1-2H3,(H,17,19). The molecule has 0 aliphatic carbocycles. The molecule has 0 atom stereocenters. The van der Waals surface area contributed by atoms with Gasteiger partial charge in [0.05, 0.1) is 17.8 Å². The van der Waals surface area contributed by atoms with Crippen LogP contribution in [-0.4, -0.2) is 19.0 Å². The van der Waals surface area contributed by atoms with Crippen molar-refractivity contribution in [1.82, 2.24) is 5.32 Å². The number of nitrogens with one attached hydrogen (secondary N) is 2. The molecule has 0 fully saturated rings. The minimum absolute atomic E-state index is 0.0679. The van der Waals surface area contributed by atoms with Crippen LogP contribution >= 0.6 is 0 Å². The Morgan fingerprint density at radius 3 is 2.84 bits per heavy atom. The summed E-state index contributed by atoms with van der Waals surface area (Å²) in [5, 5.41) is 14.5. The van der Waals surface area contributed by atoms with Gasteiger partial charge in [-0.15, -0.1) is 0 Å². The lowest BCUT2D eigenvalue weighted by Crippen LogP contribution is -2.31. The highest BCUT2D eigenvalue weighted by Crippen LogP contribution is 2.15. The fraction of sp³-hybridized carbons (Fsp3) is 0.429. The van der Waals surface area contributed by atoms with Crippen LogP contribution in [0.3, 0.4) is 0 Å². The van der Waals surface area contributed by atoms with Crippen molar-refractivity contribution in [2.45, 2.75) is 20.3 Å². The van der Waals surface area contributed by atoms with Crippen molar-refractivity contribution in [1.29, 1.82) is 5.26 Å². The van der Waals surface area contributed by atoms with Crippen molar-refractivity contribution in [3.63, 3.8) is 0 Å². The molecule has 0 aliphatic heterocycles. The first-order chi connectivity index (χ1) is 9.02. The number of carbonyl (C=O) groups excluding carboxylic acids is 1. The van der Waals surface area contributed by atoms with Crippen LogP contribution in [0, 0.1) is 23.1 Å². The number of nitriles is 1.